The fraction of sp³-hybridized carbons (Fsp3) is 0.429. The first kappa shape index (κ1) is 38.4. The molecule has 2 amide bonds. The SMILES string of the molecule is CC(=O)N[C@H]1[C@@H](OCc2cn(C[C@H](NC(=O)OCC3c4ccccc4-c4ccccc43)C(=O)O)nn2)O[C@H](COC(C)=O)[C@H](OC(C)=O)[C@@H]1OC(C)=O. The van der Waals surface area contributed by atoms with Gasteiger partial charge in [-0.15, -0.1) is 5.10 Å². The minimum absolute atomic E-state index is 0.0125. The fourth-order valence-corrected chi connectivity index (χ4v) is 6.25. The molecular weight excluding hydrogens is 698 g/mol. The zero-order valence-electron chi connectivity index (χ0n) is 29.3. The third kappa shape index (κ3) is 9.72. The molecule has 3 aromatic rings. The Hall–Kier alpha value is -5.88. The summed E-state index contributed by atoms with van der Waals surface area (Å²) in [7, 11) is 0. The number of aromatic nitrogens is 3. The lowest BCUT2D eigenvalue weighted by atomic mass is 9.96. The van der Waals surface area contributed by atoms with E-state index in [1.54, 1.807) is 0 Å². The van der Waals surface area contributed by atoms with Crippen LogP contribution in [0.25, 0.3) is 11.1 Å². The summed E-state index contributed by atoms with van der Waals surface area (Å²) in [5, 5.41) is 22.7. The van der Waals surface area contributed by atoms with E-state index < -0.39 is 79.2 Å². The number of nitrogens with zero attached hydrogens (tertiary/aromatic N) is 3. The Balaban J connectivity index is 1.23. The van der Waals surface area contributed by atoms with E-state index in [2.05, 4.69) is 20.9 Å². The molecule has 1 saturated heterocycles. The average molecular weight is 738 g/mol. The summed E-state index contributed by atoms with van der Waals surface area (Å²) < 4.78 is 34.5. The van der Waals surface area contributed by atoms with Crippen LogP contribution in [0.1, 0.15) is 50.4 Å². The topological polar surface area (TPSA) is 233 Å². The van der Waals surface area contributed by atoms with Gasteiger partial charge in [0.05, 0.1) is 19.3 Å². The second-order valence-corrected chi connectivity index (χ2v) is 12.3. The van der Waals surface area contributed by atoms with Crippen molar-refractivity contribution in [2.45, 2.75) is 83.5 Å². The molecule has 1 fully saturated rings. The van der Waals surface area contributed by atoms with Gasteiger partial charge in [0.1, 0.15) is 37.1 Å². The number of benzene rings is 2. The molecule has 0 spiro atoms. The van der Waals surface area contributed by atoms with E-state index >= 15 is 0 Å². The number of carboxylic acid groups (broad SMARTS) is 1. The van der Waals surface area contributed by atoms with Gasteiger partial charge in [0.15, 0.2) is 18.5 Å². The molecule has 18 nitrogen and oxygen atoms in total. The lowest BCUT2D eigenvalue weighted by molar-refractivity contribution is -0.280. The van der Waals surface area contributed by atoms with Gasteiger partial charge in [0.25, 0.3) is 0 Å². The van der Waals surface area contributed by atoms with Crippen molar-refractivity contribution >= 4 is 35.9 Å². The first-order valence-corrected chi connectivity index (χ1v) is 16.6. The predicted octanol–water partition coefficient (Wildman–Crippen LogP) is 1.44. The van der Waals surface area contributed by atoms with E-state index in [0.717, 1.165) is 43.0 Å². The second-order valence-electron chi connectivity index (χ2n) is 12.3. The molecule has 5 rings (SSSR count). The number of nitrogens with one attached hydrogen (secondary N) is 2. The van der Waals surface area contributed by atoms with Gasteiger partial charge in [-0.1, -0.05) is 53.7 Å². The van der Waals surface area contributed by atoms with Gasteiger partial charge in [0, 0.05) is 33.6 Å². The molecule has 2 aliphatic rings. The van der Waals surface area contributed by atoms with Gasteiger partial charge >= 0.3 is 30.0 Å². The van der Waals surface area contributed by atoms with Crippen molar-refractivity contribution in [1.29, 1.82) is 0 Å². The summed E-state index contributed by atoms with van der Waals surface area (Å²) in [6, 6.07) is 13.0. The van der Waals surface area contributed by atoms with Crippen molar-refractivity contribution in [3.8, 4) is 11.1 Å². The van der Waals surface area contributed by atoms with E-state index in [4.69, 9.17) is 28.4 Å². The summed E-state index contributed by atoms with van der Waals surface area (Å²) in [5.74, 6) is -4.31. The number of amides is 2. The number of hydrogen-bond acceptors (Lipinski definition) is 14. The molecule has 2 aromatic carbocycles. The summed E-state index contributed by atoms with van der Waals surface area (Å²) >= 11 is 0. The van der Waals surface area contributed by atoms with Crippen molar-refractivity contribution < 1.29 is 62.3 Å². The second kappa shape index (κ2) is 17.1. The van der Waals surface area contributed by atoms with Crippen LogP contribution in [-0.2, 0) is 65.5 Å². The number of carbonyl (C=O) groups excluding carboxylic acids is 5. The molecule has 1 aliphatic heterocycles. The monoisotopic (exact) mass is 737 g/mol. The number of fused-ring (bicyclic) bond motifs is 3. The van der Waals surface area contributed by atoms with E-state index in [1.165, 1.54) is 17.8 Å². The number of rotatable bonds is 14. The van der Waals surface area contributed by atoms with Crippen LogP contribution in [0.2, 0.25) is 0 Å². The first-order valence-electron chi connectivity index (χ1n) is 16.6. The van der Waals surface area contributed by atoms with E-state index in [-0.39, 0.29) is 31.4 Å². The number of esters is 3. The predicted molar refractivity (Wildman–Crippen MR) is 178 cm³/mol. The van der Waals surface area contributed by atoms with Gasteiger partial charge in [-0.2, -0.15) is 0 Å². The maximum Gasteiger partial charge on any atom is 0.407 e. The molecule has 6 atom stereocenters. The van der Waals surface area contributed by atoms with Crippen molar-refractivity contribution in [3.05, 3.63) is 71.5 Å². The van der Waals surface area contributed by atoms with Gasteiger partial charge in [-0.25, -0.2) is 14.3 Å². The number of carbonyl (C=O) groups is 6. The first-order chi connectivity index (χ1) is 25.3. The van der Waals surface area contributed by atoms with Crippen LogP contribution in [0.5, 0.6) is 0 Å². The van der Waals surface area contributed by atoms with Crippen LogP contribution in [0.3, 0.4) is 0 Å². The van der Waals surface area contributed by atoms with Gasteiger partial charge < -0.3 is 44.2 Å². The molecular formula is C35H39N5O13. The minimum atomic E-state index is -1.45. The average Bonchev–Trinajstić information content (AvgIpc) is 3.68. The van der Waals surface area contributed by atoms with Crippen molar-refractivity contribution in [2.75, 3.05) is 13.2 Å². The van der Waals surface area contributed by atoms with Gasteiger partial charge in [0.2, 0.25) is 5.91 Å². The molecule has 53 heavy (non-hydrogen) atoms. The lowest BCUT2D eigenvalue weighted by Crippen LogP contribution is -2.66. The Morgan fingerprint density at radius 2 is 1.47 bits per heavy atom. The zero-order chi connectivity index (χ0) is 38.2. The number of alkyl carbamates (subject to hydrolysis) is 1. The molecule has 282 valence electrons. The summed E-state index contributed by atoms with van der Waals surface area (Å²) in [5.41, 5.74) is 4.28. The Bertz CT molecular complexity index is 1800. The number of carboxylic acids is 1. The van der Waals surface area contributed by atoms with Crippen LogP contribution in [0.15, 0.2) is 54.7 Å². The third-order valence-electron chi connectivity index (χ3n) is 8.36. The minimum Gasteiger partial charge on any atom is -0.480 e. The van der Waals surface area contributed by atoms with Gasteiger partial charge in [-0.05, 0) is 22.3 Å². The van der Waals surface area contributed by atoms with Crippen molar-refractivity contribution in [1.82, 2.24) is 25.6 Å². The summed E-state index contributed by atoms with van der Waals surface area (Å²) in [6.45, 7) is 3.53. The third-order valence-corrected chi connectivity index (χ3v) is 8.36. The normalized spacial score (nSPS) is 20.9. The molecule has 3 N–H and O–H groups in total. The molecule has 1 aromatic heterocycles. The Morgan fingerprint density at radius 3 is 2.06 bits per heavy atom. The lowest BCUT2D eigenvalue weighted by Gasteiger charge is -2.44. The van der Waals surface area contributed by atoms with Crippen LogP contribution in [0.4, 0.5) is 4.79 Å². The van der Waals surface area contributed by atoms with E-state index in [0.29, 0.717) is 0 Å². The molecule has 0 bridgehead atoms. The zero-order valence-corrected chi connectivity index (χ0v) is 29.3. The molecule has 1 aliphatic carbocycles. The van der Waals surface area contributed by atoms with Crippen LogP contribution < -0.4 is 10.6 Å². The van der Waals surface area contributed by atoms with Crippen LogP contribution in [0, 0.1) is 0 Å². The Kier molecular flexibility index (Phi) is 12.4. The van der Waals surface area contributed by atoms with Crippen LogP contribution in [-0.4, -0.2) is 106 Å². The Labute approximate surface area is 303 Å². The highest BCUT2D eigenvalue weighted by Gasteiger charge is 2.51. The standard InChI is InChI=1S/C35H39N5O13/c1-18(41)36-30-32(52-21(4)44)31(51-20(3)43)29(17-48-19(2)42)53-34(30)49-15-22-13-40(39-38-22)14-28(33(45)46)37-35(47)50-16-27-25-11-7-5-9-23(25)24-10-6-8-12-26(24)27/h5-13,27-32,34H,14-17H2,1-4H3,(H,36,41)(H,37,47)(H,45,46)/t28-,29+,30+,31-,32+,34-/m0/s1. The number of aliphatic carboxylic acids is 1. The molecule has 2 heterocycles. The highest BCUT2D eigenvalue weighted by Crippen LogP contribution is 2.44. The van der Waals surface area contributed by atoms with E-state index in [1.807, 2.05) is 48.5 Å². The number of ether oxygens (including phenoxy) is 6. The molecule has 0 saturated carbocycles. The van der Waals surface area contributed by atoms with Crippen molar-refractivity contribution in [2.24, 2.45) is 0 Å². The maximum absolute atomic E-state index is 12.8. The van der Waals surface area contributed by atoms with Crippen molar-refractivity contribution in [3.63, 3.8) is 0 Å². The Morgan fingerprint density at radius 1 is 0.849 bits per heavy atom. The van der Waals surface area contributed by atoms with E-state index in [9.17, 15) is 33.9 Å². The highest BCUT2D eigenvalue weighted by atomic mass is 16.7. The maximum atomic E-state index is 12.8. The highest BCUT2D eigenvalue weighted by molar-refractivity contribution is 5.81. The quantitative estimate of drug-likeness (QED) is 0.157. The number of hydrogen-bond donors (Lipinski definition) is 3. The summed E-state index contributed by atoms with van der Waals surface area (Å²) in [4.78, 5) is 72.7. The molecule has 0 radical (unpaired) electrons. The molecule has 0 unspecified atom stereocenters. The van der Waals surface area contributed by atoms with Gasteiger partial charge in [-0.3, -0.25) is 19.2 Å². The largest absolute Gasteiger partial charge is 0.480 e. The fourth-order valence-electron chi connectivity index (χ4n) is 6.25. The molecule has 18 heteroatoms. The smallest absolute Gasteiger partial charge is 0.407 e. The van der Waals surface area contributed by atoms with Crippen LogP contribution >= 0.6 is 0 Å². The summed E-state index contributed by atoms with van der Waals surface area (Å²) in [6.07, 6.45) is -4.73.